The largest absolute Gasteiger partial charge is 0.494 e. The van der Waals surface area contributed by atoms with E-state index >= 15 is 0 Å². The van der Waals surface area contributed by atoms with Gasteiger partial charge in [-0.05, 0) is 24.6 Å². The van der Waals surface area contributed by atoms with Crippen LogP contribution in [0.2, 0.25) is 0 Å². The number of hydrogen-bond acceptors (Lipinski definition) is 3. The Morgan fingerprint density at radius 2 is 2.20 bits per heavy atom. The van der Waals surface area contributed by atoms with Gasteiger partial charge in [0.15, 0.2) is 0 Å². The summed E-state index contributed by atoms with van der Waals surface area (Å²) >= 11 is 3.35. The van der Waals surface area contributed by atoms with Crippen molar-refractivity contribution in [2.75, 3.05) is 13.2 Å². The van der Waals surface area contributed by atoms with Gasteiger partial charge in [0.05, 0.1) is 12.5 Å². The minimum Gasteiger partial charge on any atom is -0.494 e. The Bertz CT molecular complexity index is 464. The van der Waals surface area contributed by atoms with Gasteiger partial charge < -0.3 is 15.2 Å². The lowest BCUT2D eigenvalue weighted by molar-refractivity contribution is -0.141. The molecule has 6 heteroatoms. The second-order valence-corrected chi connectivity index (χ2v) is 5.37. The van der Waals surface area contributed by atoms with E-state index in [1.807, 2.05) is 24.3 Å². The van der Waals surface area contributed by atoms with Crippen LogP contribution in [0, 0.1) is 5.92 Å². The Morgan fingerprint density at radius 1 is 1.45 bits per heavy atom. The molecule has 0 saturated carbocycles. The van der Waals surface area contributed by atoms with Gasteiger partial charge in [-0.15, -0.1) is 0 Å². The molecular weight excluding hydrogens is 326 g/mol. The molecule has 1 atom stereocenters. The van der Waals surface area contributed by atoms with Gasteiger partial charge in [-0.3, -0.25) is 9.59 Å². The average molecular weight is 344 g/mol. The molecular formula is C14H18BrNO4. The molecule has 2 N–H and O–H groups in total. The Hall–Kier alpha value is -1.56. The van der Waals surface area contributed by atoms with Crippen LogP contribution in [0.5, 0.6) is 5.75 Å². The van der Waals surface area contributed by atoms with Crippen molar-refractivity contribution in [1.29, 1.82) is 0 Å². The molecule has 1 aromatic carbocycles. The van der Waals surface area contributed by atoms with Crippen molar-refractivity contribution in [2.24, 2.45) is 5.92 Å². The van der Waals surface area contributed by atoms with Gasteiger partial charge in [-0.1, -0.05) is 28.9 Å². The van der Waals surface area contributed by atoms with Crippen LogP contribution in [0.1, 0.15) is 19.8 Å². The first kappa shape index (κ1) is 16.5. The number of rotatable bonds is 8. The summed E-state index contributed by atoms with van der Waals surface area (Å²) in [5.41, 5.74) is 0. The molecule has 5 nitrogen and oxygen atoms in total. The van der Waals surface area contributed by atoms with Crippen molar-refractivity contribution in [3.8, 4) is 5.75 Å². The molecule has 1 amide bonds. The first-order valence-corrected chi connectivity index (χ1v) is 7.16. The molecule has 1 aromatic rings. The average Bonchev–Trinajstić information content (AvgIpc) is 2.41. The number of nitrogens with one attached hydrogen (secondary N) is 1. The van der Waals surface area contributed by atoms with E-state index < -0.39 is 11.9 Å². The van der Waals surface area contributed by atoms with Crippen LogP contribution in [0.15, 0.2) is 28.7 Å². The minimum atomic E-state index is -0.914. The summed E-state index contributed by atoms with van der Waals surface area (Å²) in [5.74, 6) is -0.893. The molecule has 0 spiro atoms. The van der Waals surface area contributed by atoms with Crippen LogP contribution in [0.4, 0.5) is 0 Å². The first-order valence-electron chi connectivity index (χ1n) is 6.37. The van der Waals surface area contributed by atoms with E-state index in [1.54, 1.807) is 6.92 Å². The molecule has 110 valence electrons. The van der Waals surface area contributed by atoms with Crippen molar-refractivity contribution in [3.63, 3.8) is 0 Å². The number of aliphatic carboxylic acids is 1. The van der Waals surface area contributed by atoms with E-state index in [2.05, 4.69) is 21.2 Å². The third kappa shape index (κ3) is 6.56. The number of halogens is 1. The second kappa shape index (κ2) is 8.58. The van der Waals surface area contributed by atoms with Gasteiger partial charge in [0, 0.05) is 17.4 Å². The number of benzene rings is 1. The highest BCUT2D eigenvalue weighted by atomic mass is 79.9. The Kier molecular flexibility index (Phi) is 7.08. The molecule has 0 fully saturated rings. The van der Waals surface area contributed by atoms with E-state index in [-0.39, 0.29) is 12.5 Å². The van der Waals surface area contributed by atoms with Gasteiger partial charge in [0.2, 0.25) is 5.91 Å². The summed E-state index contributed by atoms with van der Waals surface area (Å²) in [6.45, 7) is 2.15. The highest BCUT2D eigenvalue weighted by molar-refractivity contribution is 9.10. The normalized spacial score (nSPS) is 11.7. The smallest absolute Gasteiger partial charge is 0.308 e. The second-order valence-electron chi connectivity index (χ2n) is 4.45. The van der Waals surface area contributed by atoms with Crippen molar-refractivity contribution in [1.82, 2.24) is 5.32 Å². The maximum Gasteiger partial charge on any atom is 0.308 e. The lowest BCUT2D eigenvalue weighted by atomic mass is 10.2. The van der Waals surface area contributed by atoms with Gasteiger partial charge in [-0.2, -0.15) is 0 Å². The molecule has 1 unspecified atom stereocenters. The Balaban J connectivity index is 2.15. The van der Waals surface area contributed by atoms with Crippen molar-refractivity contribution >= 4 is 27.8 Å². The quantitative estimate of drug-likeness (QED) is 0.711. The molecule has 0 aliphatic rings. The molecule has 0 bridgehead atoms. The lowest BCUT2D eigenvalue weighted by Crippen LogP contribution is -2.31. The topological polar surface area (TPSA) is 75.6 Å². The van der Waals surface area contributed by atoms with Crippen LogP contribution < -0.4 is 10.1 Å². The Labute approximate surface area is 126 Å². The zero-order valence-electron chi connectivity index (χ0n) is 11.3. The zero-order valence-corrected chi connectivity index (χ0v) is 12.9. The van der Waals surface area contributed by atoms with E-state index in [4.69, 9.17) is 9.84 Å². The number of hydrogen-bond donors (Lipinski definition) is 2. The highest BCUT2D eigenvalue weighted by Crippen LogP contribution is 2.17. The summed E-state index contributed by atoms with van der Waals surface area (Å²) < 4.78 is 6.44. The molecule has 0 aromatic heterocycles. The van der Waals surface area contributed by atoms with Crippen LogP contribution in [0.3, 0.4) is 0 Å². The van der Waals surface area contributed by atoms with Gasteiger partial charge in [0.25, 0.3) is 0 Å². The highest BCUT2D eigenvalue weighted by Gasteiger charge is 2.11. The number of carboxylic acids is 1. The standard InChI is InChI=1S/C14H18BrNO4/c1-10(14(18)19)9-16-13(17)6-3-7-20-12-5-2-4-11(15)8-12/h2,4-5,8,10H,3,6-7,9H2,1H3,(H,16,17)(H,18,19). The molecule has 0 aliphatic carbocycles. The summed E-state index contributed by atoms with van der Waals surface area (Å²) in [6, 6.07) is 7.48. The summed E-state index contributed by atoms with van der Waals surface area (Å²) in [6.07, 6.45) is 0.903. The summed E-state index contributed by atoms with van der Waals surface area (Å²) in [5, 5.41) is 11.3. The first-order chi connectivity index (χ1) is 9.49. The molecule has 0 saturated heterocycles. The molecule has 0 heterocycles. The van der Waals surface area contributed by atoms with Crippen LogP contribution in [-0.2, 0) is 9.59 Å². The number of ether oxygens (including phenoxy) is 1. The van der Waals surface area contributed by atoms with E-state index in [9.17, 15) is 9.59 Å². The zero-order chi connectivity index (χ0) is 15.0. The van der Waals surface area contributed by atoms with E-state index in [1.165, 1.54) is 0 Å². The number of carboxylic acid groups (broad SMARTS) is 1. The molecule has 20 heavy (non-hydrogen) atoms. The SMILES string of the molecule is CC(CNC(=O)CCCOc1cccc(Br)c1)C(=O)O. The van der Waals surface area contributed by atoms with E-state index in [0.717, 1.165) is 10.2 Å². The fourth-order valence-corrected chi connectivity index (χ4v) is 1.80. The molecule has 1 rings (SSSR count). The maximum atomic E-state index is 11.5. The number of amides is 1. The van der Waals surface area contributed by atoms with Gasteiger partial charge in [0.1, 0.15) is 5.75 Å². The van der Waals surface area contributed by atoms with Crippen molar-refractivity contribution < 1.29 is 19.4 Å². The van der Waals surface area contributed by atoms with Crippen molar-refractivity contribution in [2.45, 2.75) is 19.8 Å². The predicted molar refractivity (Wildman–Crippen MR) is 78.7 cm³/mol. The van der Waals surface area contributed by atoms with Crippen LogP contribution in [0.25, 0.3) is 0 Å². The van der Waals surface area contributed by atoms with E-state index in [0.29, 0.717) is 19.4 Å². The number of carbonyl (C=O) groups is 2. The predicted octanol–water partition coefficient (Wildman–Crippen LogP) is 2.45. The minimum absolute atomic E-state index is 0.153. The summed E-state index contributed by atoms with van der Waals surface area (Å²) in [7, 11) is 0. The van der Waals surface area contributed by atoms with Crippen molar-refractivity contribution in [3.05, 3.63) is 28.7 Å². The third-order valence-electron chi connectivity index (χ3n) is 2.64. The van der Waals surface area contributed by atoms with Gasteiger partial charge >= 0.3 is 5.97 Å². The van der Waals surface area contributed by atoms with Crippen LogP contribution >= 0.6 is 15.9 Å². The fourth-order valence-electron chi connectivity index (χ4n) is 1.42. The van der Waals surface area contributed by atoms with Gasteiger partial charge in [-0.25, -0.2) is 0 Å². The Morgan fingerprint density at radius 3 is 2.85 bits per heavy atom. The number of carbonyl (C=O) groups excluding carboxylic acids is 1. The summed E-state index contributed by atoms with van der Waals surface area (Å²) in [4.78, 5) is 22.0. The lowest BCUT2D eigenvalue weighted by Gasteiger charge is -2.09. The monoisotopic (exact) mass is 343 g/mol. The molecule has 0 aliphatic heterocycles. The third-order valence-corrected chi connectivity index (χ3v) is 3.13. The van der Waals surface area contributed by atoms with Crippen LogP contribution in [-0.4, -0.2) is 30.1 Å². The fraction of sp³-hybridized carbons (Fsp3) is 0.429. The maximum absolute atomic E-state index is 11.5. The molecule has 0 radical (unpaired) electrons.